The molecule has 1 N–H and O–H groups in total. The van der Waals surface area contributed by atoms with E-state index in [1.54, 1.807) is 30.2 Å². The number of ether oxygens (including phenoxy) is 3. The molecule has 132 valence electrons. The van der Waals surface area contributed by atoms with E-state index in [0.29, 0.717) is 50.1 Å². The van der Waals surface area contributed by atoms with Gasteiger partial charge < -0.3 is 24.4 Å². The van der Waals surface area contributed by atoms with Crippen molar-refractivity contribution in [2.45, 2.75) is 19.8 Å². The molecule has 1 aromatic rings. The maximum Gasteiger partial charge on any atom is 0.226 e. The predicted octanol–water partition coefficient (Wildman–Crippen LogP) is 1.67. The van der Waals surface area contributed by atoms with Gasteiger partial charge in [0.15, 0.2) is 11.5 Å². The van der Waals surface area contributed by atoms with Crippen molar-refractivity contribution in [3.05, 3.63) is 18.2 Å². The van der Waals surface area contributed by atoms with Crippen LogP contribution in [0.15, 0.2) is 18.2 Å². The average molecular weight is 336 g/mol. The van der Waals surface area contributed by atoms with Gasteiger partial charge in [-0.3, -0.25) is 9.59 Å². The second kappa shape index (κ2) is 9.12. The quantitative estimate of drug-likeness (QED) is 0.731. The Bertz CT molecular complexity index is 576. The molecule has 0 aliphatic carbocycles. The zero-order chi connectivity index (χ0) is 17.4. The van der Waals surface area contributed by atoms with Crippen molar-refractivity contribution in [1.29, 1.82) is 0 Å². The summed E-state index contributed by atoms with van der Waals surface area (Å²) in [6.07, 6.45) is 0.987. The molecule has 0 spiro atoms. The summed E-state index contributed by atoms with van der Waals surface area (Å²) in [7, 11) is 1.62. The molecular weight excluding hydrogens is 312 g/mol. The van der Waals surface area contributed by atoms with Crippen LogP contribution < -0.4 is 14.8 Å². The summed E-state index contributed by atoms with van der Waals surface area (Å²) in [5.74, 6) is 1.12. The Labute approximate surface area is 141 Å². The number of hydrogen-bond acceptors (Lipinski definition) is 5. The molecule has 0 saturated heterocycles. The van der Waals surface area contributed by atoms with Crippen LogP contribution in [0.2, 0.25) is 0 Å². The molecule has 0 atom stereocenters. The first-order chi connectivity index (χ1) is 11.6. The second-order valence-corrected chi connectivity index (χ2v) is 5.51. The van der Waals surface area contributed by atoms with Gasteiger partial charge in [0.25, 0.3) is 0 Å². The molecular formula is C17H24N2O5. The molecule has 0 radical (unpaired) electrons. The number of fused-ring (bicyclic) bond motifs is 1. The summed E-state index contributed by atoms with van der Waals surface area (Å²) in [6, 6.07) is 5.29. The van der Waals surface area contributed by atoms with Crippen LogP contribution in [0.3, 0.4) is 0 Å². The van der Waals surface area contributed by atoms with E-state index in [-0.39, 0.29) is 18.2 Å². The molecule has 24 heavy (non-hydrogen) atoms. The first kappa shape index (κ1) is 18.1. The van der Waals surface area contributed by atoms with Gasteiger partial charge in [-0.25, -0.2) is 0 Å². The van der Waals surface area contributed by atoms with Gasteiger partial charge >= 0.3 is 0 Å². The number of nitrogens with one attached hydrogen (secondary N) is 1. The van der Waals surface area contributed by atoms with Crippen molar-refractivity contribution in [2.75, 3.05) is 45.3 Å². The fraction of sp³-hybridized carbons (Fsp3) is 0.529. The van der Waals surface area contributed by atoms with Gasteiger partial charge in [-0.15, -0.1) is 0 Å². The lowest BCUT2D eigenvalue weighted by Gasteiger charge is -2.21. The second-order valence-electron chi connectivity index (χ2n) is 5.51. The van der Waals surface area contributed by atoms with E-state index < -0.39 is 0 Å². The third-order valence-corrected chi connectivity index (χ3v) is 3.66. The van der Waals surface area contributed by atoms with Crippen LogP contribution in [0.5, 0.6) is 11.5 Å². The van der Waals surface area contributed by atoms with Crippen molar-refractivity contribution >= 4 is 17.5 Å². The van der Waals surface area contributed by atoms with Gasteiger partial charge in [0, 0.05) is 51.9 Å². The first-order valence-electron chi connectivity index (χ1n) is 8.04. The lowest BCUT2D eigenvalue weighted by molar-refractivity contribution is -0.129. The molecule has 0 aromatic heterocycles. The van der Waals surface area contributed by atoms with E-state index in [1.165, 1.54) is 6.92 Å². The van der Waals surface area contributed by atoms with Gasteiger partial charge in [-0.1, -0.05) is 0 Å². The van der Waals surface area contributed by atoms with Crippen LogP contribution in [0, 0.1) is 0 Å². The number of amides is 2. The topological polar surface area (TPSA) is 77.1 Å². The Hall–Kier alpha value is -2.28. The summed E-state index contributed by atoms with van der Waals surface area (Å²) < 4.78 is 15.9. The van der Waals surface area contributed by atoms with E-state index in [1.807, 2.05) is 0 Å². The minimum absolute atomic E-state index is 0.0433. The minimum Gasteiger partial charge on any atom is -0.486 e. The van der Waals surface area contributed by atoms with Crippen LogP contribution in [0.25, 0.3) is 0 Å². The number of benzene rings is 1. The summed E-state index contributed by atoms with van der Waals surface area (Å²) >= 11 is 0. The molecule has 0 unspecified atom stereocenters. The van der Waals surface area contributed by atoms with Crippen LogP contribution in [-0.2, 0) is 14.3 Å². The van der Waals surface area contributed by atoms with Crippen molar-refractivity contribution < 1.29 is 23.8 Å². The summed E-state index contributed by atoms with van der Waals surface area (Å²) in [5, 5.41) is 2.82. The zero-order valence-corrected chi connectivity index (χ0v) is 14.2. The smallest absolute Gasteiger partial charge is 0.226 e. The van der Waals surface area contributed by atoms with Crippen LogP contribution >= 0.6 is 0 Å². The van der Waals surface area contributed by atoms with Crippen LogP contribution in [0.1, 0.15) is 19.8 Å². The zero-order valence-electron chi connectivity index (χ0n) is 14.2. The summed E-state index contributed by atoms with van der Waals surface area (Å²) in [6.45, 7) is 4.09. The van der Waals surface area contributed by atoms with E-state index in [2.05, 4.69) is 5.32 Å². The third-order valence-electron chi connectivity index (χ3n) is 3.66. The number of hydrogen-bond donors (Lipinski definition) is 1. The number of carbonyl (C=O) groups excluding carboxylic acids is 2. The molecule has 1 aliphatic heterocycles. The average Bonchev–Trinajstić information content (AvgIpc) is 2.57. The Balaban J connectivity index is 1.82. The van der Waals surface area contributed by atoms with E-state index in [9.17, 15) is 9.59 Å². The van der Waals surface area contributed by atoms with E-state index in [4.69, 9.17) is 14.2 Å². The summed E-state index contributed by atoms with van der Waals surface area (Å²) in [4.78, 5) is 25.3. The monoisotopic (exact) mass is 336 g/mol. The standard InChI is InChI=1S/C17H24N2O5/c1-13(20)19(7-3-9-22-2)8-6-17(21)18-14-4-5-15-16(12-14)24-11-10-23-15/h4-5,12H,3,6-11H2,1-2H3,(H,18,21). The Morgan fingerprint density at radius 1 is 1.21 bits per heavy atom. The maximum absolute atomic E-state index is 12.1. The Kier molecular flexibility index (Phi) is 6.87. The lowest BCUT2D eigenvalue weighted by atomic mass is 10.2. The normalized spacial score (nSPS) is 12.6. The number of carbonyl (C=O) groups is 2. The molecule has 2 rings (SSSR count). The van der Waals surface area contributed by atoms with Crippen molar-refractivity contribution in [3.8, 4) is 11.5 Å². The van der Waals surface area contributed by atoms with Crippen molar-refractivity contribution in [2.24, 2.45) is 0 Å². The summed E-state index contributed by atoms with van der Waals surface area (Å²) in [5.41, 5.74) is 0.651. The highest BCUT2D eigenvalue weighted by molar-refractivity contribution is 5.91. The number of methoxy groups -OCH3 is 1. The predicted molar refractivity (Wildman–Crippen MR) is 89.4 cm³/mol. The van der Waals surface area contributed by atoms with E-state index in [0.717, 1.165) is 6.42 Å². The maximum atomic E-state index is 12.1. The van der Waals surface area contributed by atoms with Crippen molar-refractivity contribution in [1.82, 2.24) is 4.90 Å². The number of anilines is 1. The Morgan fingerprint density at radius 2 is 1.96 bits per heavy atom. The van der Waals surface area contributed by atoms with E-state index >= 15 is 0 Å². The fourth-order valence-corrected chi connectivity index (χ4v) is 2.41. The molecule has 0 saturated carbocycles. The highest BCUT2D eigenvalue weighted by Gasteiger charge is 2.14. The van der Waals surface area contributed by atoms with Crippen LogP contribution in [0.4, 0.5) is 5.69 Å². The first-order valence-corrected chi connectivity index (χ1v) is 8.04. The highest BCUT2D eigenvalue weighted by Crippen LogP contribution is 2.32. The SMILES string of the molecule is COCCCN(CCC(=O)Nc1ccc2c(c1)OCCO2)C(C)=O. The minimum atomic E-state index is -0.148. The van der Waals surface area contributed by atoms with Crippen molar-refractivity contribution in [3.63, 3.8) is 0 Å². The van der Waals surface area contributed by atoms with Gasteiger partial charge in [0.1, 0.15) is 13.2 Å². The van der Waals surface area contributed by atoms with Gasteiger partial charge in [0.05, 0.1) is 0 Å². The largest absolute Gasteiger partial charge is 0.486 e. The molecule has 1 heterocycles. The van der Waals surface area contributed by atoms with Gasteiger partial charge in [-0.2, -0.15) is 0 Å². The number of nitrogens with zero attached hydrogens (tertiary/aromatic N) is 1. The molecule has 2 amide bonds. The molecule has 0 fully saturated rings. The Morgan fingerprint density at radius 3 is 2.67 bits per heavy atom. The highest BCUT2D eigenvalue weighted by atomic mass is 16.6. The van der Waals surface area contributed by atoms with Crippen LogP contribution in [-0.4, -0.2) is 56.7 Å². The molecule has 1 aromatic carbocycles. The lowest BCUT2D eigenvalue weighted by Crippen LogP contribution is -2.33. The molecule has 7 nitrogen and oxygen atoms in total. The molecule has 1 aliphatic rings. The molecule has 0 bridgehead atoms. The van der Waals surface area contributed by atoms with Gasteiger partial charge in [0.2, 0.25) is 11.8 Å². The fourth-order valence-electron chi connectivity index (χ4n) is 2.41. The molecule has 7 heteroatoms. The third kappa shape index (κ3) is 5.42. The van der Waals surface area contributed by atoms with Gasteiger partial charge in [-0.05, 0) is 18.6 Å². The number of rotatable bonds is 8.